The van der Waals surface area contributed by atoms with Gasteiger partial charge in [0.2, 0.25) is 0 Å². The molecule has 1 amide bonds. The van der Waals surface area contributed by atoms with Gasteiger partial charge in [-0.15, -0.1) is 0 Å². The number of hydrogen-bond acceptors (Lipinski definition) is 3. The number of carbonyl (C=O) groups is 2. The smallest absolute Gasteiger partial charge is 0.310 e. The number of carboxylic acids is 1. The maximum atomic E-state index is 13.4. The fourth-order valence-corrected chi connectivity index (χ4v) is 1.85. The van der Waals surface area contributed by atoms with E-state index in [1.165, 1.54) is 6.07 Å². The van der Waals surface area contributed by atoms with Crippen molar-refractivity contribution in [2.24, 2.45) is 11.7 Å². The number of halogens is 1. The molecule has 5 nitrogen and oxygen atoms in total. The highest BCUT2D eigenvalue weighted by atomic mass is 19.1. The second-order valence-electron chi connectivity index (χ2n) is 3.94. The molecule has 90 valence electrons. The molecule has 0 aliphatic carbocycles. The summed E-state index contributed by atoms with van der Waals surface area (Å²) in [5, 5.41) is 8.74. The minimum atomic E-state index is -0.890. The maximum Gasteiger partial charge on any atom is 0.310 e. The lowest BCUT2D eigenvalue weighted by molar-refractivity contribution is -0.142. The van der Waals surface area contributed by atoms with Gasteiger partial charge in [-0.2, -0.15) is 0 Å². The molecule has 1 aromatic carbocycles. The summed E-state index contributed by atoms with van der Waals surface area (Å²) in [6, 6.07) is 4.17. The third kappa shape index (κ3) is 1.93. The lowest BCUT2D eigenvalue weighted by atomic mass is 9.98. The first-order valence-electron chi connectivity index (χ1n) is 5.06. The predicted molar refractivity (Wildman–Crippen MR) is 58.3 cm³/mol. The van der Waals surface area contributed by atoms with Crippen LogP contribution in [0.1, 0.15) is 10.4 Å². The molecule has 6 heteroatoms. The van der Waals surface area contributed by atoms with Crippen molar-refractivity contribution in [1.29, 1.82) is 0 Å². The van der Waals surface area contributed by atoms with E-state index in [4.69, 9.17) is 10.8 Å². The van der Waals surface area contributed by atoms with Crippen LogP contribution >= 0.6 is 0 Å². The maximum absolute atomic E-state index is 13.4. The zero-order chi connectivity index (χ0) is 12.6. The largest absolute Gasteiger partial charge is 0.481 e. The molecule has 17 heavy (non-hydrogen) atoms. The van der Waals surface area contributed by atoms with E-state index in [0.717, 1.165) is 6.07 Å². The number of carboxylic acid groups (broad SMARTS) is 1. The monoisotopic (exact) mass is 238 g/mol. The van der Waals surface area contributed by atoms with E-state index < -0.39 is 23.6 Å². The van der Waals surface area contributed by atoms with Crippen molar-refractivity contribution in [3.05, 3.63) is 29.6 Å². The van der Waals surface area contributed by atoms with Gasteiger partial charge in [0.15, 0.2) is 0 Å². The number of benzene rings is 1. The second kappa shape index (κ2) is 4.04. The molecule has 0 aromatic heterocycles. The van der Waals surface area contributed by atoms with Crippen molar-refractivity contribution < 1.29 is 19.1 Å². The molecule has 0 spiro atoms. The Morgan fingerprint density at radius 1 is 1.41 bits per heavy atom. The molecule has 1 aliphatic heterocycles. The van der Waals surface area contributed by atoms with E-state index in [0.29, 0.717) is 5.69 Å². The molecular formula is C11H11FN2O3. The molecular weight excluding hydrogens is 227 g/mol. The number of primary amides is 1. The minimum absolute atomic E-state index is 0.184. The van der Waals surface area contributed by atoms with Gasteiger partial charge in [0.25, 0.3) is 5.91 Å². The van der Waals surface area contributed by atoms with Crippen molar-refractivity contribution >= 4 is 17.6 Å². The summed E-state index contributed by atoms with van der Waals surface area (Å²) in [7, 11) is 0. The van der Waals surface area contributed by atoms with Gasteiger partial charge in [0.05, 0.1) is 17.2 Å². The fraction of sp³-hybridized carbons (Fsp3) is 0.273. The Morgan fingerprint density at radius 3 is 2.59 bits per heavy atom. The molecule has 0 radical (unpaired) electrons. The molecule has 1 saturated heterocycles. The van der Waals surface area contributed by atoms with Gasteiger partial charge in [-0.1, -0.05) is 6.07 Å². The van der Waals surface area contributed by atoms with Gasteiger partial charge in [-0.25, -0.2) is 4.39 Å². The number of carbonyl (C=O) groups excluding carboxylic acids is 1. The molecule has 0 saturated carbocycles. The molecule has 0 unspecified atom stereocenters. The summed E-state index contributed by atoms with van der Waals surface area (Å²) in [6.45, 7) is 0.526. The van der Waals surface area contributed by atoms with E-state index in [9.17, 15) is 14.0 Å². The molecule has 1 fully saturated rings. The third-order valence-electron chi connectivity index (χ3n) is 2.81. The zero-order valence-corrected chi connectivity index (χ0v) is 8.89. The Morgan fingerprint density at radius 2 is 2.06 bits per heavy atom. The van der Waals surface area contributed by atoms with Gasteiger partial charge in [-0.3, -0.25) is 9.59 Å². The molecule has 2 rings (SSSR count). The van der Waals surface area contributed by atoms with E-state index in [1.807, 2.05) is 0 Å². The highest BCUT2D eigenvalue weighted by Crippen LogP contribution is 2.29. The fourth-order valence-electron chi connectivity index (χ4n) is 1.85. The van der Waals surface area contributed by atoms with Crippen LogP contribution in [0, 0.1) is 11.7 Å². The Balaban J connectivity index is 2.26. The minimum Gasteiger partial charge on any atom is -0.481 e. The van der Waals surface area contributed by atoms with E-state index in [1.54, 1.807) is 11.0 Å². The van der Waals surface area contributed by atoms with Crippen molar-refractivity contribution in [2.75, 3.05) is 18.0 Å². The number of amides is 1. The van der Waals surface area contributed by atoms with Gasteiger partial charge >= 0.3 is 5.97 Å². The van der Waals surface area contributed by atoms with Crippen LogP contribution in [0.25, 0.3) is 0 Å². The van der Waals surface area contributed by atoms with Crippen LogP contribution in [-0.4, -0.2) is 30.1 Å². The van der Waals surface area contributed by atoms with Crippen molar-refractivity contribution in [1.82, 2.24) is 0 Å². The van der Waals surface area contributed by atoms with Crippen molar-refractivity contribution in [2.45, 2.75) is 0 Å². The number of nitrogens with zero attached hydrogens (tertiary/aromatic N) is 1. The first kappa shape index (κ1) is 11.4. The van der Waals surface area contributed by atoms with Crippen LogP contribution in [0.2, 0.25) is 0 Å². The number of anilines is 1. The normalized spacial score (nSPS) is 15.5. The highest BCUT2D eigenvalue weighted by molar-refractivity contribution is 5.99. The van der Waals surface area contributed by atoms with Crippen LogP contribution < -0.4 is 10.6 Å². The molecule has 1 aromatic rings. The van der Waals surface area contributed by atoms with Crippen LogP contribution in [0.5, 0.6) is 0 Å². The Kier molecular flexibility index (Phi) is 2.71. The van der Waals surface area contributed by atoms with Gasteiger partial charge in [0, 0.05) is 13.1 Å². The van der Waals surface area contributed by atoms with E-state index in [2.05, 4.69) is 0 Å². The summed E-state index contributed by atoms with van der Waals surface area (Å²) < 4.78 is 13.4. The van der Waals surface area contributed by atoms with Crippen LogP contribution in [-0.2, 0) is 4.79 Å². The Labute approximate surface area is 96.6 Å². The van der Waals surface area contributed by atoms with Gasteiger partial charge < -0.3 is 15.7 Å². The lowest BCUT2D eigenvalue weighted by Gasteiger charge is -2.39. The molecule has 3 N–H and O–H groups in total. The topological polar surface area (TPSA) is 83.6 Å². The first-order valence-corrected chi connectivity index (χ1v) is 5.06. The zero-order valence-electron chi connectivity index (χ0n) is 8.89. The van der Waals surface area contributed by atoms with Crippen LogP contribution in [0.3, 0.4) is 0 Å². The highest BCUT2D eigenvalue weighted by Gasteiger charge is 2.34. The number of hydrogen-bond donors (Lipinski definition) is 2. The summed E-state index contributed by atoms with van der Waals surface area (Å²) >= 11 is 0. The number of aliphatic carboxylic acids is 1. The summed E-state index contributed by atoms with van der Waals surface area (Å²) in [5.41, 5.74) is 5.28. The third-order valence-corrected chi connectivity index (χ3v) is 2.81. The Bertz CT molecular complexity index is 484. The first-order chi connectivity index (χ1) is 8.00. The van der Waals surface area contributed by atoms with Crippen LogP contribution in [0.4, 0.5) is 10.1 Å². The second-order valence-corrected chi connectivity index (χ2v) is 3.94. The predicted octanol–water partition coefficient (Wildman–Crippen LogP) is 0.445. The van der Waals surface area contributed by atoms with Gasteiger partial charge in [-0.05, 0) is 12.1 Å². The molecule has 0 bridgehead atoms. The number of rotatable bonds is 3. The van der Waals surface area contributed by atoms with E-state index in [-0.39, 0.29) is 18.7 Å². The van der Waals surface area contributed by atoms with Crippen molar-refractivity contribution in [3.63, 3.8) is 0 Å². The summed E-state index contributed by atoms with van der Waals surface area (Å²) in [5.74, 6) is -2.90. The van der Waals surface area contributed by atoms with Gasteiger partial charge in [0.1, 0.15) is 5.82 Å². The molecule has 1 heterocycles. The average molecular weight is 238 g/mol. The van der Waals surface area contributed by atoms with Crippen LogP contribution in [0.15, 0.2) is 18.2 Å². The standard InChI is InChI=1S/C11H11FN2O3/c12-7-2-1-3-8(9(7)10(13)15)14-4-6(5-14)11(16)17/h1-3,6H,4-5H2,(H2,13,15)(H,16,17). The summed E-state index contributed by atoms with van der Waals surface area (Å²) in [6.07, 6.45) is 0. The summed E-state index contributed by atoms with van der Waals surface area (Å²) in [4.78, 5) is 23.4. The van der Waals surface area contributed by atoms with E-state index >= 15 is 0 Å². The van der Waals surface area contributed by atoms with Crippen molar-refractivity contribution in [3.8, 4) is 0 Å². The molecule has 1 aliphatic rings. The SMILES string of the molecule is NC(=O)c1c(F)cccc1N1CC(C(=O)O)C1. The Hall–Kier alpha value is -2.11. The average Bonchev–Trinajstić information content (AvgIpc) is 2.13. The lowest BCUT2D eigenvalue weighted by Crippen LogP contribution is -2.51. The number of nitrogens with two attached hydrogens (primary N) is 1. The quantitative estimate of drug-likeness (QED) is 0.800. The molecule has 0 atom stereocenters.